The summed E-state index contributed by atoms with van der Waals surface area (Å²) in [5.74, 6) is 0.951. The van der Waals surface area contributed by atoms with Crippen LogP contribution in [0, 0.1) is 11.3 Å². The molecule has 0 atom stereocenters. The van der Waals surface area contributed by atoms with E-state index >= 15 is 0 Å². The lowest BCUT2D eigenvalue weighted by atomic mass is 10.1. The van der Waals surface area contributed by atoms with Gasteiger partial charge in [-0.05, 0) is 19.1 Å². The Morgan fingerprint density at radius 1 is 1.31 bits per heavy atom. The highest BCUT2D eigenvalue weighted by atomic mass is 16.5. The average molecular weight is 352 g/mol. The monoisotopic (exact) mass is 352 g/mol. The van der Waals surface area contributed by atoms with Crippen LogP contribution in [-0.4, -0.2) is 21.4 Å². The van der Waals surface area contributed by atoms with Crippen LogP contribution >= 0.6 is 0 Å². The highest BCUT2D eigenvalue weighted by Gasteiger charge is 2.15. The van der Waals surface area contributed by atoms with Gasteiger partial charge in [-0.25, -0.2) is 4.79 Å². The fourth-order valence-electron chi connectivity index (χ4n) is 2.62. The number of nitrogens with zero attached hydrogens (tertiary/aromatic N) is 4. The normalized spacial score (nSPS) is 10.5. The lowest BCUT2D eigenvalue weighted by Gasteiger charge is -2.07. The van der Waals surface area contributed by atoms with Gasteiger partial charge < -0.3 is 9.26 Å². The molecule has 3 aromatic rings. The number of hydrogen-bond donors (Lipinski definition) is 0. The molecule has 0 aliphatic rings. The van der Waals surface area contributed by atoms with Crippen LogP contribution in [0.2, 0.25) is 0 Å². The van der Waals surface area contributed by atoms with E-state index in [-0.39, 0.29) is 12.1 Å². The number of rotatable bonds is 5. The summed E-state index contributed by atoms with van der Waals surface area (Å²) in [5, 5.41) is 13.1. The number of aromatic nitrogens is 3. The first kappa shape index (κ1) is 17.2. The topological polar surface area (TPSA) is 103 Å². The fraction of sp³-hybridized carbons (Fsp3) is 0.222. The van der Waals surface area contributed by atoms with E-state index in [9.17, 15) is 9.59 Å². The molecule has 0 aliphatic carbocycles. The van der Waals surface area contributed by atoms with Gasteiger partial charge in [-0.2, -0.15) is 5.26 Å². The predicted octanol–water partition coefficient (Wildman–Crippen LogP) is 1.61. The van der Waals surface area contributed by atoms with Crippen LogP contribution in [0.3, 0.4) is 0 Å². The first-order valence-electron chi connectivity index (χ1n) is 7.92. The number of hydrogen-bond acceptors (Lipinski definition) is 6. The van der Waals surface area contributed by atoms with Gasteiger partial charge in [0.05, 0.1) is 13.7 Å². The zero-order valence-electron chi connectivity index (χ0n) is 14.3. The number of nitriles is 1. The first-order valence-corrected chi connectivity index (χ1v) is 7.92. The molecule has 0 N–H and O–H groups in total. The lowest BCUT2D eigenvalue weighted by molar-refractivity contribution is 0.372. The minimum Gasteiger partial charge on any atom is -0.496 e. The van der Waals surface area contributed by atoms with E-state index in [0.717, 1.165) is 10.1 Å². The molecule has 0 spiro atoms. The molecule has 1 aromatic carbocycles. The second-order valence-corrected chi connectivity index (χ2v) is 5.49. The van der Waals surface area contributed by atoms with E-state index in [0.29, 0.717) is 23.7 Å². The molecule has 2 heterocycles. The average Bonchev–Trinajstić information content (AvgIpc) is 3.14. The molecular formula is C18H16N4O4. The number of benzene rings is 1. The van der Waals surface area contributed by atoms with Crippen LogP contribution in [-0.2, 0) is 13.1 Å². The SMILES string of the molecule is CCn1cc(C#N)c(=O)n(Cc2cc(-c3ccccc3OC)no2)c1=O. The van der Waals surface area contributed by atoms with Gasteiger partial charge in [0, 0.05) is 24.4 Å². The molecule has 0 saturated heterocycles. The maximum Gasteiger partial charge on any atom is 0.331 e. The smallest absolute Gasteiger partial charge is 0.331 e. The molecule has 26 heavy (non-hydrogen) atoms. The highest BCUT2D eigenvalue weighted by molar-refractivity contribution is 5.66. The van der Waals surface area contributed by atoms with Gasteiger partial charge in [0.2, 0.25) is 0 Å². The van der Waals surface area contributed by atoms with Gasteiger partial charge in [0.15, 0.2) is 5.76 Å². The van der Waals surface area contributed by atoms with Gasteiger partial charge in [0.25, 0.3) is 5.56 Å². The molecule has 0 saturated carbocycles. The molecule has 0 aliphatic heterocycles. The van der Waals surface area contributed by atoms with Crippen molar-refractivity contribution < 1.29 is 9.26 Å². The van der Waals surface area contributed by atoms with E-state index in [1.807, 2.05) is 24.3 Å². The van der Waals surface area contributed by atoms with Crippen molar-refractivity contribution >= 4 is 0 Å². The Hall–Kier alpha value is -3.60. The summed E-state index contributed by atoms with van der Waals surface area (Å²) in [5.41, 5.74) is -0.00746. The second-order valence-electron chi connectivity index (χ2n) is 5.49. The van der Waals surface area contributed by atoms with Crippen molar-refractivity contribution in [3.05, 3.63) is 68.7 Å². The van der Waals surface area contributed by atoms with Crippen LogP contribution < -0.4 is 16.0 Å². The van der Waals surface area contributed by atoms with Crippen molar-refractivity contribution in [2.24, 2.45) is 0 Å². The standard InChI is InChI=1S/C18H16N4O4/c1-3-21-10-12(9-19)17(23)22(18(21)24)11-13-8-15(20-26-13)14-6-4-5-7-16(14)25-2/h4-8,10H,3,11H2,1-2H3. The Bertz CT molecular complexity index is 1100. The highest BCUT2D eigenvalue weighted by Crippen LogP contribution is 2.28. The van der Waals surface area contributed by atoms with Crippen LogP contribution in [0.15, 0.2) is 50.6 Å². The molecule has 0 bridgehead atoms. The Kier molecular flexibility index (Phi) is 4.71. The number of methoxy groups -OCH3 is 1. The molecule has 0 fully saturated rings. The van der Waals surface area contributed by atoms with Gasteiger partial charge in [0.1, 0.15) is 23.1 Å². The Morgan fingerprint density at radius 2 is 2.08 bits per heavy atom. The Morgan fingerprint density at radius 3 is 2.77 bits per heavy atom. The second kappa shape index (κ2) is 7.11. The molecule has 0 amide bonds. The van der Waals surface area contributed by atoms with E-state index < -0.39 is 11.2 Å². The van der Waals surface area contributed by atoms with E-state index in [1.165, 1.54) is 10.8 Å². The largest absolute Gasteiger partial charge is 0.496 e. The third kappa shape index (κ3) is 3.02. The van der Waals surface area contributed by atoms with Crippen molar-refractivity contribution in [2.75, 3.05) is 7.11 Å². The number of para-hydroxylation sites is 1. The molecule has 0 unspecified atom stereocenters. The summed E-state index contributed by atoms with van der Waals surface area (Å²) in [7, 11) is 1.56. The molecule has 132 valence electrons. The molecule has 8 nitrogen and oxygen atoms in total. The summed E-state index contributed by atoms with van der Waals surface area (Å²) < 4.78 is 12.9. The van der Waals surface area contributed by atoms with Crippen molar-refractivity contribution in [1.82, 2.24) is 14.3 Å². The zero-order valence-corrected chi connectivity index (χ0v) is 14.3. The van der Waals surface area contributed by atoms with Gasteiger partial charge in [-0.1, -0.05) is 17.3 Å². The molecule has 3 rings (SSSR count). The van der Waals surface area contributed by atoms with Gasteiger partial charge in [-0.15, -0.1) is 0 Å². The van der Waals surface area contributed by atoms with Gasteiger partial charge >= 0.3 is 5.69 Å². The summed E-state index contributed by atoms with van der Waals surface area (Å²) >= 11 is 0. The molecule has 8 heteroatoms. The minimum atomic E-state index is -0.655. The summed E-state index contributed by atoms with van der Waals surface area (Å²) in [6, 6.07) is 10.8. The van der Waals surface area contributed by atoms with Crippen LogP contribution in [0.5, 0.6) is 5.75 Å². The quantitative estimate of drug-likeness (QED) is 0.691. The minimum absolute atomic E-state index is 0.101. The van der Waals surface area contributed by atoms with E-state index in [4.69, 9.17) is 14.5 Å². The Balaban J connectivity index is 2.02. The maximum absolute atomic E-state index is 12.4. The van der Waals surface area contributed by atoms with Crippen LogP contribution in [0.25, 0.3) is 11.3 Å². The molecule has 0 radical (unpaired) electrons. The summed E-state index contributed by atoms with van der Waals surface area (Å²) in [4.78, 5) is 24.7. The first-order chi connectivity index (χ1) is 12.6. The van der Waals surface area contributed by atoms with Crippen molar-refractivity contribution in [2.45, 2.75) is 20.0 Å². The number of aryl methyl sites for hydroxylation is 1. The number of ether oxygens (including phenoxy) is 1. The third-order valence-corrected chi connectivity index (χ3v) is 3.95. The summed E-state index contributed by atoms with van der Waals surface area (Å²) in [6.45, 7) is 1.98. The molecular weight excluding hydrogens is 336 g/mol. The fourth-order valence-corrected chi connectivity index (χ4v) is 2.62. The Labute approximate surface area is 148 Å². The van der Waals surface area contributed by atoms with Gasteiger partial charge in [-0.3, -0.25) is 13.9 Å². The zero-order chi connectivity index (χ0) is 18.7. The van der Waals surface area contributed by atoms with E-state index in [1.54, 1.807) is 26.2 Å². The van der Waals surface area contributed by atoms with Crippen molar-refractivity contribution in [3.8, 4) is 23.1 Å². The maximum atomic E-state index is 12.4. The summed E-state index contributed by atoms with van der Waals surface area (Å²) in [6.07, 6.45) is 1.27. The van der Waals surface area contributed by atoms with Crippen LogP contribution in [0.4, 0.5) is 0 Å². The lowest BCUT2D eigenvalue weighted by Crippen LogP contribution is -2.40. The molecule has 2 aromatic heterocycles. The van der Waals surface area contributed by atoms with Crippen molar-refractivity contribution in [3.63, 3.8) is 0 Å². The van der Waals surface area contributed by atoms with Crippen LogP contribution in [0.1, 0.15) is 18.2 Å². The van der Waals surface area contributed by atoms with E-state index in [2.05, 4.69) is 5.16 Å². The predicted molar refractivity (Wildman–Crippen MR) is 92.9 cm³/mol. The third-order valence-electron chi connectivity index (χ3n) is 3.95. The van der Waals surface area contributed by atoms with Crippen molar-refractivity contribution in [1.29, 1.82) is 5.26 Å².